The first kappa shape index (κ1) is 42.4. The van der Waals surface area contributed by atoms with Gasteiger partial charge in [0, 0.05) is 61.0 Å². The third-order valence-corrected chi connectivity index (χ3v) is 14.0. The Hall–Kier alpha value is -3.22. The second-order valence-corrected chi connectivity index (χ2v) is 18.6. The molecule has 9 atom stereocenters. The van der Waals surface area contributed by atoms with Crippen molar-refractivity contribution < 1.29 is 29.4 Å². The van der Waals surface area contributed by atoms with Crippen LogP contribution in [0.4, 0.5) is 5.69 Å². The maximum absolute atomic E-state index is 14.3. The summed E-state index contributed by atoms with van der Waals surface area (Å²) in [6.07, 6.45) is 7.77. The number of nitrogens with zero attached hydrogens (tertiary/aromatic N) is 3. The van der Waals surface area contributed by atoms with E-state index >= 15 is 0 Å². The van der Waals surface area contributed by atoms with E-state index < -0.39 is 24.2 Å². The van der Waals surface area contributed by atoms with Crippen LogP contribution in [0.25, 0.3) is 11.1 Å². The minimum absolute atomic E-state index is 0.0441. The molecule has 0 radical (unpaired) electrons. The highest BCUT2D eigenvalue weighted by Crippen LogP contribution is 2.61. The van der Waals surface area contributed by atoms with Crippen LogP contribution in [0, 0.1) is 35.0 Å². The van der Waals surface area contributed by atoms with Crippen LogP contribution in [-0.4, -0.2) is 111 Å². The number of carbonyl (C=O) groups is 2. The molecular formula is C45H69N5O6. The van der Waals surface area contributed by atoms with Crippen LogP contribution < -0.4 is 20.3 Å². The number of aliphatic hydroxyl groups is 2. The Balaban J connectivity index is 1.27. The average molecular weight is 776 g/mol. The molecule has 56 heavy (non-hydrogen) atoms. The number of para-hydroxylation sites is 1. The number of hydrogen-bond donors (Lipinski definition) is 4. The van der Waals surface area contributed by atoms with Crippen molar-refractivity contribution in [1.82, 2.24) is 20.6 Å². The van der Waals surface area contributed by atoms with Crippen LogP contribution in [0.5, 0.6) is 5.75 Å². The zero-order chi connectivity index (χ0) is 40.5. The minimum atomic E-state index is -0.893. The highest BCUT2D eigenvalue weighted by atomic mass is 16.7. The van der Waals surface area contributed by atoms with Gasteiger partial charge in [-0.2, -0.15) is 5.06 Å². The predicted octanol–water partition coefficient (Wildman–Crippen LogP) is 5.72. The predicted molar refractivity (Wildman–Crippen MR) is 221 cm³/mol. The Morgan fingerprint density at radius 1 is 1.07 bits per heavy atom. The van der Waals surface area contributed by atoms with Crippen molar-refractivity contribution in [3.05, 3.63) is 47.5 Å². The third-order valence-electron chi connectivity index (χ3n) is 14.0. The standard InChI is InChI=1S/C45H69N5O6/c1-27-37-22-33(45(37,3)4)23-38(27)47-44(54)41-40(28(2)52)39(26-51)56-50(41)24-30-16-13-17-36(42(30)55-9)31-19-32(21-35(20-31)49(7)8)43(53)46-34(25-48(5)6)18-29-14-11-10-12-15-29/h13,16-17,19-21,27-29,33-34,37-41,51-52H,10-12,14-15,18,22-26H2,1-9H3,(H,46,53)(H,47,54)/t27-,28-,33+,34-,37-,38-,39-,40-,41-/m0/s1. The summed E-state index contributed by atoms with van der Waals surface area (Å²) in [5, 5.41) is 29.8. The number of ether oxygens (including phenoxy) is 1. The number of hydroxylamine groups is 2. The number of methoxy groups -OCH3 is 1. The molecule has 4 N–H and O–H groups in total. The van der Waals surface area contributed by atoms with Crippen LogP contribution in [0.15, 0.2) is 36.4 Å². The van der Waals surface area contributed by atoms with E-state index in [4.69, 9.17) is 9.57 Å². The Labute approximate surface area is 335 Å². The molecule has 1 heterocycles. The van der Waals surface area contributed by atoms with Crippen molar-refractivity contribution in [2.45, 2.75) is 116 Å². The second-order valence-electron chi connectivity index (χ2n) is 18.6. The zero-order valence-electron chi connectivity index (χ0n) is 35.4. The van der Waals surface area contributed by atoms with Gasteiger partial charge >= 0.3 is 0 Å². The van der Waals surface area contributed by atoms with Gasteiger partial charge in [-0.1, -0.05) is 71.1 Å². The monoisotopic (exact) mass is 776 g/mol. The first-order valence-corrected chi connectivity index (χ1v) is 21.1. The zero-order valence-corrected chi connectivity index (χ0v) is 35.4. The van der Waals surface area contributed by atoms with Crippen LogP contribution in [-0.2, 0) is 16.2 Å². The Morgan fingerprint density at radius 3 is 2.41 bits per heavy atom. The van der Waals surface area contributed by atoms with Crippen molar-refractivity contribution in [2.24, 2.45) is 35.0 Å². The summed E-state index contributed by atoms with van der Waals surface area (Å²) < 4.78 is 6.13. The van der Waals surface area contributed by atoms with E-state index in [9.17, 15) is 19.8 Å². The number of amides is 2. The molecule has 2 aromatic rings. The number of anilines is 1. The van der Waals surface area contributed by atoms with Crippen molar-refractivity contribution in [2.75, 3.05) is 53.4 Å². The molecule has 0 aromatic heterocycles. The first-order valence-electron chi connectivity index (χ1n) is 21.1. The summed E-state index contributed by atoms with van der Waals surface area (Å²) in [6.45, 7) is 9.22. The second kappa shape index (κ2) is 17.7. The lowest BCUT2D eigenvalue weighted by molar-refractivity contribution is -0.183. The Morgan fingerprint density at radius 2 is 1.80 bits per heavy atom. The quantitative estimate of drug-likeness (QED) is 0.180. The van der Waals surface area contributed by atoms with Crippen LogP contribution in [0.2, 0.25) is 0 Å². The Kier molecular flexibility index (Phi) is 13.4. The molecular weight excluding hydrogens is 707 g/mol. The molecule has 1 aliphatic heterocycles. The molecule has 2 bridgehead atoms. The molecule has 11 heteroatoms. The maximum atomic E-state index is 14.3. The molecule has 310 valence electrons. The molecule has 0 spiro atoms. The number of aliphatic hydroxyl groups excluding tert-OH is 2. The normalized spacial score (nSPS) is 28.7. The van der Waals surface area contributed by atoms with Gasteiger partial charge < -0.3 is 35.4 Å². The van der Waals surface area contributed by atoms with E-state index in [-0.39, 0.29) is 42.5 Å². The van der Waals surface area contributed by atoms with E-state index in [1.54, 1.807) is 19.1 Å². The largest absolute Gasteiger partial charge is 0.496 e. The average Bonchev–Trinajstić information content (AvgIpc) is 3.53. The smallest absolute Gasteiger partial charge is 0.251 e. The van der Waals surface area contributed by atoms with Crippen molar-refractivity contribution in [3.8, 4) is 16.9 Å². The summed E-state index contributed by atoms with van der Waals surface area (Å²) in [4.78, 5) is 38.8. The SMILES string of the molecule is COc1c(CN2O[C@@H](CO)[C@H]([C@H](C)O)[C@H]2C(=O)N[C@H]2C[C@H]3C[C@@H]([C@@H]2C)C3(C)C)cccc1-c1cc(C(=O)N[C@@H](CC2CCCCC2)CN(C)C)cc(N(C)C)c1. The molecule has 5 aliphatic rings. The van der Waals surface area contributed by atoms with Crippen molar-refractivity contribution in [1.29, 1.82) is 0 Å². The fraction of sp³-hybridized carbons (Fsp3) is 0.689. The number of benzene rings is 2. The number of carbonyl (C=O) groups excluding carboxylic acids is 2. The van der Waals surface area contributed by atoms with Gasteiger partial charge in [0.05, 0.1) is 26.4 Å². The van der Waals surface area contributed by atoms with E-state index in [2.05, 4.69) is 56.5 Å². The molecule has 0 unspecified atom stereocenters. The van der Waals surface area contributed by atoms with Crippen molar-refractivity contribution >= 4 is 17.5 Å². The summed E-state index contributed by atoms with van der Waals surface area (Å²) in [5.74, 6) is 1.79. The lowest BCUT2D eigenvalue weighted by atomic mass is 9.45. The highest BCUT2D eigenvalue weighted by Gasteiger charge is 2.57. The number of nitrogens with one attached hydrogen (secondary N) is 2. The number of rotatable bonds is 15. The van der Waals surface area contributed by atoms with Gasteiger partial charge in [-0.05, 0) is 93.1 Å². The summed E-state index contributed by atoms with van der Waals surface area (Å²) >= 11 is 0. The maximum Gasteiger partial charge on any atom is 0.251 e. The van der Waals surface area contributed by atoms with Gasteiger partial charge in [-0.3, -0.25) is 14.4 Å². The molecule has 4 aliphatic carbocycles. The van der Waals surface area contributed by atoms with Gasteiger partial charge in [0.1, 0.15) is 17.9 Å². The summed E-state index contributed by atoms with van der Waals surface area (Å²) in [7, 11) is 9.68. The highest BCUT2D eigenvalue weighted by molar-refractivity contribution is 5.97. The lowest BCUT2D eigenvalue weighted by Gasteiger charge is -2.62. The fourth-order valence-electron chi connectivity index (χ4n) is 10.7. The first-order chi connectivity index (χ1) is 26.6. The van der Waals surface area contributed by atoms with Gasteiger partial charge in [-0.25, -0.2) is 0 Å². The number of likely N-dealkylation sites (N-methyl/N-ethyl adjacent to an activating group) is 1. The minimum Gasteiger partial charge on any atom is -0.496 e. The molecule has 2 aromatic carbocycles. The summed E-state index contributed by atoms with van der Waals surface area (Å²) in [5.41, 5.74) is 4.16. The van der Waals surface area contributed by atoms with Gasteiger partial charge in [0.2, 0.25) is 5.91 Å². The van der Waals surface area contributed by atoms with Gasteiger partial charge in [0.15, 0.2) is 0 Å². The topological polar surface area (TPSA) is 127 Å². The lowest BCUT2D eigenvalue weighted by Crippen LogP contribution is -2.62. The van der Waals surface area contributed by atoms with Crippen LogP contribution in [0.1, 0.15) is 95.0 Å². The molecule has 2 amide bonds. The van der Waals surface area contributed by atoms with E-state index in [1.807, 2.05) is 49.3 Å². The molecule has 5 fully saturated rings. The van der Waals surface area contributed by atoms with E-state index in [0.29, 0.717) is 35.0 Å². The van der Waals surface area contributed by atoms with Crippen LogP contribution >= 0.6 is 0 Å². The summed E-state index contributed by atoms with van der Waals surface area (Å²) in [6, 6.07) is 11.1. The van der Waals surface area contributed by atoms with Gasteiger partial charge in [0.25, 0.3) is 5.91 Å². The number of fused-ring (bicyclic) bond motifs is 2. The fourth-order valence-corrected chi connectivity index (χ4v) is 10.7. The molecule has 4 saturated carbocycles. The van der Waals surface area contributed by atoms with Crippen molar-refractivity contribution in [3.63, 3.8) is 0 Å². The number of hydrogen-bond acceptors (Lipinski definition) is 9. The van der Waals surface area contributed by atoms with Gasteiger partial charge in [-0.15, -0.1) is 0 Å². The van der Waals surface area contributed by atoms with E-state index in [0.717, 1.165) is 41.8 Å². The molecule has 7 rings (SSSR count). The third kappa shape index (κ3) is 8.92. The molecule has 1 saturated heterocycles. The Bertz CT molecular complexity index is 1670. The molecule has 11 nitrogen and oxygen atoms in total. The van der Waals surface area contributed by atoms with E-state index in [1.165, 1.54) is 38.5 Å². The van der Waals surface area contributed by atoms with Crippen LogP contribution in [0.3, 0.4) is 0 Å².